The minimum atomic E-state index is -0.616. The summed E-state index contributed by atoms with van der Waals surface area (Å²) < 4.78 is 14.9. The van der Waals surface area contributed by atoms with Crippen LogP contribution in [0.3, 0.4) is 0 Å². The molecule has 4 aromatic carbocycles. The molecular weight excluding hydrogens is 853 g/mol. The van der Waals surface area contributed by atoms with Gasteiger partial charge in [-0.05, 0) is 194 Å². The highest BCUT2D eigenvalue weighted by Crippen LogP contribution is 2.84. The van der Waals surface area contributed by atoms with Gasteiger partial charge in [-0.1, -0.05) is 78.6 Å². The molecule has 9 aliphatic rings. The zero-order chi connectivity index (χ0) is 47.5. The highest BCUT2D eigenvalue weighted by atomic mass is 16.5. The van der Waals surface area contributed by atoms with Crippen molar-refractivity contribution >= 4 is 50.7 Å². The molecule has 0 saturated carbocycles. The molecule has 4 bridgehead atoms. The number of hydrogen-bond acceptors (Lipinski definition) is 7. The number of fused-ring (bicyclic) bond motifs is 1. The zero-order valence-corrected chi connectivity index (χ0v) is 42.0. The number of quaternary nitrogens is 1. The third kappa shape index (κ3) is 5.55. The van der Waals surface area contributed by atoms with Crippen molar-refractivity contribution in [3.63, 3.8) is 0 Å². The molecule has 0 saturated heterocycles. The monoisotopic (exact) mass is 922 g/mol. The number of nitrogens with zero attached hydrogens (tertiary/aromatic N) is 4. The molecule has 0 fully saturated rings. The number of ether oxygens (including phenoxy) is 2. The van der Waals surface area contributed by atoms with Crippen molar-refractivity contribution in [3.8, 4) is 0 Å². The lowest BCUT2D eigenvalue weighted by Crippen LogP contribution is -2.58. The van der Waals surface area contributed by atoms with Gasteiger partial charge in [-0.25, -0.2) is 4.79 Å². The Morgan fingerprint density at radius 3 is 2.35 bits per heavy atom. The Labute approximate surface area is 408 Å². The van der Waals surface area contributed by atoms with E-state index in [1.54, 1.807) is 0 Å². The molecule has 8 heteroatoms. The molecule has 3 spiro atoms. The van der Waals surface area contributed by atoms with Crippen LogP contribution in [-0.4, -0.2) is 132 Å². The lowest BCUT2D eigenvalue weighted by Gasteiger charge is -2.57. The van der Waals surface area contributed by atoms with Crippen molar-refractivity contribution in [1.82, 2.24) is 14.7 Å². The molecule has 6 atom stereocenters. The van der Waals surface area contributed by atoms with E-state index in [1.165, 1.54) is 99.5 Å². The van der Waals surface area contributed by atoms with Crippen molar-refractivity contribution < 1.29 is 23.5 Å². The first kappa shape index (κ1) is 43.9. The molecule has 0 radical (unpaired) electrons. The van der Waals surface area contributed by atoms with Crippen LogP contribution in [0.5, 0.6) is 0 Å². The highest BCUT2D eigenvalue weighted by Gasteiger charge is 2.79. The quantitative estimate of drug-likeness (QED) is 0.0631. The maximum absolute atomic E-state index is 14.9. The first-order valence-corrected chi connectivity index (χ1v) is 26.2. The molecule has 8 nitrogen and oxygen atoms in total. The summed E-state index contributed by atoms with van der Waals surface area (Å²) in [5.41, 5.74) is 17.8. The molecule has 9 aliphatic carbocycles. The first-order valence-electron chi connectivity index (χ1n) is 26.2. The van der Waals surface area contributed by atoms with E-state index in [0.29, 0.717) is 11.0 Å². The maximum atomic E-state index is 14.9. The van der Waals surface area contributed by atoms with Gasteiger partial charge in [0.25, 0.3) is 0 Å². The van der Waals surface area contributed by atoms with E-state index in [4.69, 9.17) is 9.47 Å². The minimum Gasteiger partial charge on any atom is -0.456 e. The number of hydrogen-bond donors (Lipinski definition) is 0. The van der Waals surface area contributed by atoms with E-state index in [9.17, 15) is 9.59 Å². The fourth-order valence-electron chi connectivity index (χ4n) is 16.5. The topological polar surface area (TPSA) is 62.3 Å². The predicted octanol–water partition coefficient (Wildman–Crippen LogP) is 9.41. The van der Waals surface area contributed by atoms with Crippen LogP contribution in [0.15, 0.2) is 84.0 Å². The molecule has 0 N–H and O–H groups in total. The second kappa shape index (κ2) is 15.2. The standard InChI is InChI=1S/C61H69N4O4/c1-9-17-36-28-38-22-23-39-30-43-31-40-29-37-18-14-21-44-49(37)53-55(40)60(43)46(69-48(67)35-65(7,8)27-16-25-63(4)5)33-42-20-13-11-10-12-19-41-32-45(68-47(66)34-64(6)26-15-24-62(2)3)56-51(36)52-50(38)54(39)61(42,60)58(52)57(53)59(41,44)56/h9,14,18,21-23,28-30,32-33,45-46,56H,1,10-13,15-17,19-20,24-27,31,34-35H2,2-8H3/q+1/t45-,46?,56+,59-,60+,61+/m1/s1. The molecule has 1 unspecified atom stereocenters. The van der Waals surface area contributed by atoms with Crippen molar-refractivity contribution in [2.24, 2.45) is 0 Å². The van der Waals surface area contributed by atoms with Crippen LogP contribution >= 0.6 is 0 Å². The van der Waals surface area contributed by atoms with Gasteiger partial charge in [0.2, 0.25) is 0 Å². The van der Waals surface area contributed by atoms with E-state index in [2.05, 4.69) is 137 Å². The number of esters is 2. The van der Waals surface area contributed by atoms with Gasteiger partial charge in [0.05, 0.1) is 43.4 Å². The zero-order valence-electron chi connectivity index (χ0n) is 42.0. The first-order chi connectivity index (χ1) is 33.3. The van der Waals surface area contributed by atoms with E-state index >= 15 is 0 Å². The van der Waals surface area contributed by atoms with Gasteiger partial charge in [0.1, 0.15) is 12.2 Å². The van der Waals surface area contributed by atoms with Crippen molar-refractivity contribution in [3.05, 3.63) is 134 Å². The number of likely N-dealkylation sites (N-methyl/N-ethyl adjacent to an activating group) is 2. The van der Waals surface area contributed by atoms with Gasteiger partial charge in [-0.2, -0.15) is 0 Å². The SMILES string of the molecule is C=CCc1cc2ccc3c4c2c2c1[C@@H]1[C@H](OC(=O)CN(C)CCCN(C)C)C=C5CCCCCCC6=CC(OC(=O)C[N+](C)(C)CCCN(C)C)[C@@]78C(=C3)Cc3cc9cccc%10c9c(c37)C(=C2[C@]648)[C@]5%101. The second-order valence-corrected chi connectivity index (χ2v) is 23.6. The maximum Gasteiger partial charge on any atom is 0.362 e. The summed E-state index contributed by atoms with van der Waals surface area (Å²) in [7, 11) is 14.9. The van der Waals surface area contributed by atoms with Crippen LogP contribution in [0.4, 0.5) is 0 Å². The number of carbonyl (C=O) groups is 2. The molecule has 13 rings (SSSR count). The predicted molar refractivity (Wildman–Crippen MR) is 277 cm³/mol. The van der Waals surface area contributed by atoms with Gasteiger partial charge in [0.15, 0.2) is 6.54 Å². The summed E-state index contributed by atoms with van der Waals surface area (Å²) >= 11 is 0. The molecule has 0 aromatic heterocycles. The summed E-state index contributed by atoms with van der Waals surface area (Å²) in [6, 6.07) is 16.9. The van der Waals surface area contributed by atoms with Gasteiger partial charge in [-0.3, -0.25) is 9.69 Å². The van der Waals surface area contributed by atoms with E-state index < -0.39 is 28.5 Å². The Bertz CT molecular complexity index is 3130. The highest BCUT2D eigenvalue weighted by molar-refractivity contribution is 6.27. The van der Waals surface area contributed by atoms with Gasteiger partial charge in [-0.15, -0.1) is 6.58 Å². The third-order valence-corrected chi connectivity index (χ3v) is 18.5. The van der Waals surface area contributed by atoms with E-state index in [1.807, 2.05) is 0 Å². The Hall–Kier alpha value is -5.12. The van der Waals surface area contributed by atoms with Crippen molar-refractivity contribution in [2.45, 2.75) is 98.6 Å². The molecule has 0 amide bonds. The molecule has 0 heterocycles. The number of carbonyl (C=O) groups excluding carboxylic acids is 2. The number of benzene rings is 4. The molecule has 0 aliphatic heterocycles. The Kier molecular flexibility index (Phi) is 9.66. The van der Waals surface area contributed by atoms with Crippen LogP contribution in [0, 0.1) is 0 Å². The normalized spacial score (nSPS) is 27.7. The van der Waals surface area contributed by atoms with Crippen LogP contribution in [0.25, 0.3) is 38.8 Å². The Balaban J connectivity index is 1.08. The summed E-state index contributed by atoms with van der Waals surface area (Å²) in [6.07, 6.45) is 18.6. The van der Waals surface area contributed by atoms with Crippen LogP contribution in [0.1, 0.15) is 107 Å². The fourth-order valence-corrected chi connectivity index (χ4v) is 16.5. The van der Waals surface area contributed by atoms with Crippen LogP contribution in [0.2, 0.25) is 0 Å². The fraction of sp³-hybridized carbons (Fsp3) is 0.475. The summed E-state index contributed by atoms with van der Waals surface area (Å²) in [4.78, 5) is 36.0. The molecule has 356 valence electrons. The lowest BCUT2D eigenvalue weighted by atomic mass is 9.43. The Morgan fingerprint density at radius 2 is 1.57 bits per heavy atom. The molecular formula is C61H69N4O4+. The summed E-state index contributed by atoms with van der Waals surface area (Å²) in [5, 5.41) is 5.27. The van der Waals surface area contributed by atoms with Gasteiger partial charge >= 0.3 is 11.9 Å². The second-order valence-electron chi connectivity index (χ2n) is 23.6. The number of allylic oxidation sites excluding steroid dienone is 5. The third-order valence-electron chi connectivity index (χ3n) is 18.5. The van der Waals surface area contributed by atoms with Gasteiger partial charge < -0.3 is 23.8 Å². The average molecular weight is 922 g/mol. The summed E-state index contributed by atoms with van der Waals surface area (Å²) in [5.74, 6) is -0.421. The van der Waals surface area contributed by atoms with Gasteiger partial charge in [0, 0.05) is 18.9 Å². The molecule has 69 heavy (non-hydrogen) atoms. The van der Waals surface area contributed by atoms with Crippen molar-refractivity contribution in [1.29, 1.82) is 0 Å². The largest absolute Gasteiger partial charge is 0.456 e. The Morgan fingerprint density at radius 1 is 0.797 bits per heavy atom. The lowest BCUT2D eigenvalue weighted by molar-refractivity contribution is -0.883. The van der Waals surface area contributed by atoms with Crippen LogP contribution in [-0.2, 0) is 48.1 Å². The summed E-state index contributed by atoms with van der Waals surface area (Å²) in [6.45, 7) is 8.65. The minimum absolute atomic E-state index is 0.113. The van der Waals surface area contributed by atoms with Crippen molar-refractivity contribution in [2.75, 3.05) is 88.6 Å². The van der Waals surface area contributed by atoms with E-state index in [-0.39, 0.29) is 24.4 Å². The molecule has 4 aromatic rings. The average Bonchev–Trinajstić information content (AvgIpc) is 4.05. The van der Waals surface area contributed by atoms with E-state index in [0.717, 1.165) is 90.4 Å². The smallest absolute Gasteiger partial charge is 0.362 e. The van der Waals surface area contributed by atoms with Crippen LogP contribution < -0.4 is 0 Å². The number of rotatable bonds is 16.